The standard InChI is InChI=1S/C25H28Cl2N4O5S/c1-6-30(12-11-29(2)3)25(33)36-22-15-37-24(28-22)31(17-8-10-20(34-4)21(14-17)35-5)23(32)18-9-7-16(26)13-19(18)27/h7-10,13-15H,6,11-12H2,1-5H3. The van der Waals surface area contributed by atoms with Crippen LogP contribution in [0.25, 0.3) is 0 Å². The van der Waals surface area contributed by atoms with Gasteiger partial charge < -0.3 is 24.0 Å². The number of carbonyl (C=O) groups is 2. The molecule has 0 atom stereocenters. The maximum absolute atomic E-state index is 13.7. The second-order valence-electron chi connectivity index (χ2n) is 8.02. The molecule has 2 aromatic carbocycles. The van der Waals surface area contributed by atoms with Crippen molar-refractivity contribution >= 4 is 57.4 Å². The van der Waals surface area contributed by atoms with Gasteiger partial charge in [0.15, 0.2) is 11.5 Å². The Balaban J connectivity index is 1.98. The van der Waals surface area contributed by atoms with Crippen LogP contribution in [0.4, 0.5) is 15.6 Å². The third-order valence-electron chi connectivity index (χ3n) is 5.30. The molecule has 0 fully saturated rings. The van der Waals surface area contributed by atoms with Gasteiger partial charge in [0.1, 0.15) is 0 Å². The third-order valence-corrected chi connectivity index (χ3v) is 6.65. The van der Waals surface area contributed by atoms with Crippen molar-refractivity contribution in [2.45, 2.75) is 6.92 Å². The number of anilines is 2. The van der Waals surface area contributed by atoms with Gasteiger partial charge in [0.25, 0.3) is 5.91 Å². The SMILES string of the molecule is CCN(CCN(C)C)C(=O)Oc1csc(N(C(=O)c2ccc(Cl)cc2Cl)c2ccc(OC)c(OC)c2)n1. The summed E-state index contributed by atoms with van der Waals surface area (Å²) < 4.78 is 16.3. The zero-order chi connectivity index (χ0) is 27.1. The molecule has 0 saturated heterocycles. The number of aromatic nitrogens is 1. The lowest BCUT2D eigenvalue weighted by Gasteiger charge is -2.22. The number of methoxy groups -OCH3 is 2. The highest BCUT2D eigenvalue weighted by atomic mass is 35.5. The predicted molar refractivity (Wildman–Crippen MR) is 146 cm³/mol. The van der Waals surface area contributed by atoms with Gasteiger partial charge in [-0.05, 0) is 51.4 Å². The van der Waals surface area contributed by atoms with E-state index in [2.05, 4.69) is 4.98 Å². The lowest BCUT2D eigenvalue weighted by Crippen LogP contribution is -2.38. The van der Waals surface area contributed by atoms with E-state index in [1.807, 2.05) is 25.9 Å². The maximum Gasteiger partial charge on any atom is 0.416 e. The molecule has 1 aromatic heterocycles. The average Bonchev–Trinajstić information content (AvgIpc) is 3.31. The van der Waals surface area contributed by atoms with Gasteiger partial charge >= 0.3 is 6.09 Å². The molecule has 3 aromatic rings. The molecule has 0 bridgehead atoms. The van der Waals surface area contributed by atoms with Crippen LogP contribution in [0.5, 0.6) is 17.4 Å². The van der Waals surface area contributed by atoms with Crippen molar-refractivity contribution in [1.29, 1.82) is 0 Å². The summed E-state index contributed by atoms with van der Waals surface area (Å²) >= 11 is 13.5. The van der Waals surface area contributed by atoms with Gasteiger partial charge in [-0.2, -0.15) is 4.98 Å². The highest BCUT2D eigenvalue weighted by molar-refractivity contribution is 7.14. The average molecular weight is 567 g/mol. The Bertz CT molecular complexity index is 1250. The maximum atomic E-state index is 13.7. The lowest BCUT2D eigenvalue weighted by molar-refractivity contribution is 0.0999. The first-order valence-electron chi connectivity index (χ1n) is 11.3. The van der Waals surface area contributed by atoms with E-state index in [9.17, 15) is 9.59 Å². The first-order chi connectivity index (χ1) is 17.7. The van der Waals surface area contributed by atoms with Gasteiger partial charge in [0.05, 0.1) is 35.9 Å². The number of ether oxygens (including phenoxy) is 3. The number of carbonyl (C=O) groups excluding carboxylic acids is 2. The molecule has 0 radical (unpaired) electrons. The summed E-state index contributed by atoms with van der Waals surface area (Å²) in [6.45, 7) is 3.55. The van der Waals surface area contributed by atoms with E-state index in [1.165, 1.54) is 25.2 Å². The quantitative estimate of drug-likeness (QED) is 0.305. The Labute approximate surface area is 230 Å². The van der Waals surface area contributed by atoms with Crippen molar-refractivity contribution in [2.75, 3.05) is 52.8 Å². The molecule has 0 saturated carbocycles. The molecule has 0 aliphatic rings. The molecule has 0 aliphatic carbocycles. The van der Waals surface area contributed by atoms with Gasteiger partial charge in [0, 0.05) is 30.7 Å². The minimum atomic E-state index is -0.522. The highest BCUT2D eigenvalue weighted by Gasteiger charge is 2.27. The fourth-order valence-corrected chi connectivity index (χ4v) is 4.55. The first kappa shape index (κ1) is 28.5. The highest BCUT2D eigenvalue weighted by Crippen LogP contribution is 2.38. The minimum Gasteiger partial charge on any atom is -0.493 e. The molecular weight excluding hydrogens is 539 g/mol. The van der Waals surface area contributed by atoms with Crippen molar-refractivity contribution in [3.8, 4) is 17.4 Å². The first-order valence-corrected chi connectivity index (χ1v) is 12.9. The number of nitrogens with zero attached hydrogens (tertiary/aromatic N) is 4. The topological polar surface area (TPSA) is 84.4 Å². The van der Waals surface area contributed by atoms with E-state index in [1.54, 1.807) is 40.6 Å². The van der Waals surface area contributed by atoms with E-state index in [0.29, 0.717) is 41.8 Å². The second-order valence-corrected chi connectivity index (χ2v) is 9.70. The van der Waals surface area contributed by atoms with Crippen molar-refractivity contribution in [2.24, 2.45) is 0 Å². The number of rotatable bonds is 10. The van der Waals surface area contributed by atoms with Crippen molar-refractivity contribution < 1.29 is 23.8 Å². The van der Waals surface area contributed by atoms with Gasteiger partial charge in [-0.15, -0.1) is 11.3 Å². The smallest absolute Gasteiger partial charge is 0.416 e. The monoisotopic (exact) mass is 566 g/mol. The van der Waals surface area contributed by atoms with Crippen LogP contribution in [0.2, 0.25) is 10.0 Å². The summed E-state index contributed by atoms with van der Waals surface area (Å²) in [6.07, 6.45) is -0.522. The lowest BCUT2D eigenvalue weighted by atomic mass is 10.1. The summed E-state index contributed by atoms with van der Waals surface area (Å²) in [5.41, 5.74) is 0.664. The largest absolute Gasteiger partial charge is 0.493 e. The van der Waals surface area contributed by atoms with Crippen LogP contribution in [0, 0.1) is 0 Å². The second kappa shape index (κ2) is 13.0. The van der Waals surface area contributed by atoms with Gasteiger partial charge in [-0.1, -0.05) is 23.2 Å². The summed E-state index contributed by atoms with van der Waals surface area (Å²) in [4.78, 5) is 35.8. The summed E-state index contributed by atoms with van der Waals surface area (Å²) in [5.74, 6) is 0.535. The summed E-state index contributed by atoms with van der Waals surface area (Å²) in [6, 6.07) is 9.63. The predicted octanol–water partition coefficient (Wildman–Crippen LogP) is 5.83. The summed E-state index contributed by atoms with van der Waals surface area (Å²) in [7, 11) is 6.88. The van der Waals surface area contributed by atoms with Crippen LogP contribution in [0.15, 0.2) is 41.8 Å². The Morgan fingerprint density at radius 1 is 1.00 bits per heavy atom. The van der Waals surface area contributed by atoms with E-state index in [0.717, 1.165) is 11.3 Å². The number of likely N-dealkylation sites (N-methyl/N-ethyl adjacent to an activating group) is 2. The van der Waals surface area contributed by atoms with Crippen LogP contribution in [0.3, 0.4) is 0 Å². The van der Waals surface area contributed by atoms with Crippen molar-refractivity contribution in [3.05, 3.63) is 57.4 Å². The fraction of sp³-hybridized carbons (Fsp3) is 0.320. The van der Waals surface area contributed by atoms with E-state index in [-0.39, 0.29) is 21.6 Å². The Hall–Kier alpha value is -3.05. The molecule has 2 amide bonds. The Morgan fingerprint density at radius 2 is 1.73 bits per heavy atom. The van der Waals surface area contributed by atoms with Crippen LogP contribution in [-0.4, -0.2) is 74.7 Å². The zero-order valence-corrected chi connectivity index (χ0v) is 23.5. The van der Waals surface area contributed by atoms with Crippen LogP contribution in [0.1, 0.15) is 17.3 Å². The number of thiazole rings is 1. The minimum absolute atomic E-state index is 0.0776. The number of hydrogen-bond acceptors (Lipinski definition) is 8. The van der Waals surface area contributed by atoms with Crippen molar-refractivity contribution in [1.82, 2.24) is 14.8 Å². The summed E-state index contributed by atoms with van der Waals surface area (Å²) in [5, 5.41) is 2.42. The molecule has 0 spiro atoms. The zero-order valence-electron chi connectivity index (χ0n) is 21.2. The number of halogens is 2. The molecule has 0 aliphatic heterocycles. The molecule has 0 N–H and O–H groups in total. The third kappa shape index (κ3) is 7.04. The Morgan fingerprint density at radius 3 is 2.35 bits per heavy atom. The molecule has 0 unspecified atom stereocenters. The van der Waals surface area contributed by atoms with Crippen LogP contribution < -0.4 is 19.1 Å². The number of benzene rings is 2. The fourth-order valence-electron chi connectivity index (χ4n) is 3.31. The molecule has 3 rings (SSSR count). The van der Waals surface area contributed by atoms with Gasteiger partial charge in [-0.25, -0.2) is 4.79 Å². The number of hydrogen-bond donors (Lipinski definition) is 0. The van der Waals surface area contributed by atoms with Crippen LogP contribution >= 0.6 is 34.5 Å². The molecule has 9 nitrogen and oxygen atoms in total. The Kier molecular flexibility index (Phi) is 9.99. The molecule has 12 heteroatoms. The normalized spacial score (nSPS) is 10.8. The molecule has 1 heterocycles. The molecule has 198 valence electrons. The van der Waals surface area contributed by atoms with E-state index >= 15 is 0 Å². The molecule has 37 heavy (non-hydrogen) atoms. The van der Waals surface area contributed by atoms with Gasteiger partial charge in [-0.3, -0.25) is 9.69 Å². The van der Waals surface area contributed by atoms with Crippen molar-refractivity contribution in [3.63, 3.8) is 0 Å². The van der Waals surface area contributed by atoms with Crippen LogP contribution in [-0.2, 0) is 0 Å². The number of amides is 2. The van der Waals surface area contributed by atoms with E-state index < -0.39 is 12.0 Å². The van der Waals surface area contributed by atoms with E-state index in [4.69, 9.17) is 37.4 Å². The molecular formula is C25H28Cl2N4O5S. The van der Waals surface area contributed by atoms with Gasteiger partial charge in [0.2, 0.25) is 11.0 Å².